The summed E-state index contributed by atoms with van der Waals surface area (Å²) < 4.78 is 5.10. The van der Waals surface area contributed by atoms with Gasteiger partial charge in [0.25, 0.3) is 0 Å². The molecule has 0 aliphatic heterocycles. The zero-order valence-corrected chi connectivity index (χ0v) is 11.8. The minimum Gasteiger partial charge on any atom is -0.497 e. The molecule has 1 aromatic carbocycles. The molecule has 0 heterocycles. The summed E-state index contributed by atoms with van der Waals surface area (Å²) in [6.45, 7) is 1.93. The van der Waals surface area contributed by atoms with Gasteiger partial charge >= 0.3 is 0 Å². The molecule has 0 spiro atoms. The molecule has 1 aromatic rings. The Morgan fingerprint density at radius 3 is 2.37 bits per heavy atom. The molecule has 19 heavy (non-hydrogen) atoms. The molecule has 2 heteroatoms. The van der Waals surface area contributed by atoms with Gasteiger partial charge in [0, 0.05) is 5.56 Å². The summed E-state index contributed by atoms with van der Waals surface area (Å²) >= 11 is 0. The molecular formula is C17H22O2. The molecule has 0 N–H and O–H groups in total. The monoisotopic (exact) mass is 258 g/mol. The van der Waals surface area contributed by atoms with Gasteiger partial charge in [-0.1, -0.05) is 25.3 Å². The zero-order valence-electron chi connectivity index (χ0n) is 11.8. The molecule has 1 aliphatic carbocycles. The molecular weight excluding hydrogens is 236 g/mol. The first-order valence-corrected chi connectivity index (χ1v) is 7.08. The number of Topliss-reactive ketones (excluding diaryl/α,β-unsaturated/α-hetero) is 1. The number of ether oxygens (including phenoxy) is 1. The van der Waals surface area contributed by atoms with E-state index in [0.29, 0.717) is 5.92 Å². The van der Waals surface area contributed by atoms with Crippen LogP contribution in [0.5, 0.6) is 5.75 Å². The second kappa shape index (κ2) is 6.55. The number of ketones is 1. The Balaban J connectivity index is 2.06. The van der Waals surface area contributed by atoms with Gasteiger partial charge < -0.3 is 4.74 Å². The van der Waals surface area contributed by atoms with Gasteiger partial charge in [-0.05, 0) is 55.5 Å². The first kappa shape index (κ1) is 13.9. The Morgan fingerprint density at radius 2 is 1.79 bits per heavy atom. The van der Waals surface area contributed by atoms with Crippen LogP contribution in [0.3, 0.4) is 0 Å². The van der Waals surface area contributed by atoms with Crippen molar-refractivity contribution in [3.05, 3.63) is 41.5 Å². The lowest BCUT2D eigenvalue weighted by Crippen LogP contribution is -2.07. The first-order valence-electron chi connectivity index (χ1n) is 7.08. The summed E-state index contributed by atoms with van der Waals surface area (Å²) in [5.41, 5.74) is 1.61. The van der Waals surface area contributed by atoms with Crippen molar-refractivity contribution in [2.45, 2.75) is 39.0 Å². The third kappa shape index (κ3) is 3.69. The van der Waals surface area contributed by atoms with Crippen molar-refractivity contribution in [2.24, 2.45) is 5.92 Å². The molecule has 102 valence electrons. The van der Waals surface area contributed by atoms with Crippen molar-refractivity contribution in [2.75, 3.05) is 7.11 Å². The summed E-state index contributed by atoms with van der Waals surface area (Å²) in [7, 11) is 1.63. The van der Waals surface area contributed by atoms with Crippen LogP contribution in [0.4, 0.5) is 0 Å². The predicted octanol–water partition coefficient (Wildman–Crippen LogP) is 4.40. The average Bonchev–Trinajstić information content (AvgIpc) is 2.47. The van der Waals surface area contributed by atoms with Gasteiger partial charge in [0.1, 0.15) is 5.75 Å². The molecule has 0 atom stereocenters. The smallest absolute Gasteiger partial charge is 0.188 e. The zero-order chi connectivity index (χ0) is 13.7. The highest BCUT2D eigenvalue weighted by molar-refractivity contribution is 6.08. The maximum Gasteiger partial charge on any atom is 0.188 e. The minimum atomic E-state index is 0.133. The van der Waals surface area contributed by atoms with Crippen LogP contribution in [0.2, 0.25) is 0 Å². The van der Waals surface area contributed by atoms with Crippen molar-refractivity contribution < 1.29 is 9.53 Å². The normalized spacial score (nSPS) is 17.3. The maximum atomic E-state index is 12.3. The van der Waals surface area contributed by atoms with Crippen molar-refractivity contribution in [1.29, 1.82) is 0 Å². The number of benzene rings is 1. The lowest BCUT2D eigenvalue weighted by Gasteiger charge is -2.18. The van der Waals surface area contributed by atoms with Gasteiger partial charge in [0.05, 0.1) is 7.11 Å². The second-order valence-electron chi connectivity index (χ2n) is 5.31. The molecule has 1 aliphatic rings. The van der Waals surface area contributed by atoms with Crippen LogP contribution in [-0.2, 0) is 0 Å². The molecule has 0 saturated heterocycles. The number of methoxy groups -OCH3 is 1. The molecule has 1 saturated carbocycles. The van der Waals surface area contributed by atoms with E-state index >= 15 is 0 Å². The Kier molecular flexibility index (Phi) is 4.78. The molecule has 0 radical (unpaired) electrons. The molecule has 0 bridgehead atoms. The van der Waals surface area contributed by atoms with E-state index in [-0.39, 0.29) is 5.78 Å². The lowest BCUT2D eigenvalue weighted by molar-refractivity contribution is 0.103. The van der Waals surface area contributed by atoms with Crippen molar-refractivity contribution >= 4 is 5.78 Å². The van der Waals surface area contributed by atoms with Gasteiger partial charge in [-0.25, -0.2) is 0 Å². The highest BCUT2D eigenvalue weighted by Gasteiger charge is 2.14. The minimum absolute atomic E-state index is 0.133. The first-order chi connectivity index (χ1) is 9.20. The Bertz CT molecular complexity index is 451. The van der Waals surface area contributed by atoms with Crippen LogP contribution in [0.1, 0.15) is 49.4 Å². The van der Waals surface area contributed by atoms with Crippen LogP contribution >= 0.6 is 0 Å². The molecule has 0 unspecified atom stereocenters. The van der Waals surface area contributed by atoms with Crippen molar-refractivity contribution in [3.8, 4) is 5.75 Å². The van der Waals surface area contributed by atoms with Crippen molar-refractivity contribution in [1.82, 2.24) is 0 Å². The van der Waals surface area contributed by atoms with E-state index in [1.165, 1.54) is 32.1 Å². The fourth-order valence-electron chi connectivity index (χ4n) is 2.70. The van der Waals surface area contributed by atoms with E-state index in [9.17, 15) is 4.79 Å². The van der Waals surface area contributed by atoms with E-state index < -0.39 is 0 Å². The highest BCUT2D eigenvalue weighted by Crippen LogP contribution is 2.26. The quantitative estimate of drug-likeness (QED) is 0.591. The summed E-state index contributed by atoms with van der Waals surface area (Å²) in [6.07, 6.45) is 8.57. The Hall–Kier alpha value is -1.57. The van der Waals surface area contributed by atoms with Crippen LogP contribution in [-0.4, -0.2) is 12.9 Å². The van der Waals surface area contributed by atoms with E-state index in [4.69, 9.17) is 4.74 Å². The second-order valence-corrected chi connectivity index (χ2v) is 5.31. The summed E-state index contributed by atoms with van der Waals surface area (Å²) in [4.78, 5) is 12.3. The van der Waals surface area contributed by atoms with Crippen molar-refractivity contribution in [3.63, 3.8) is 0 Å². The number of hydrogen-bond donors (Lipinski definition) is 0. The number of carbonyl (C=O) groups excluding carboxylic acids is 1. The fourth-order valence-corrected chi connectivity index (χ4v) is 2.70. The average molecular weight is 258 g/mol. The van der Waals surface area contributed by atoms with Crippen LogP contribution in [0.25, 0.3) is 0 Å². The molecule has 1 fully saturated rings. The Labute approximate surface area is 115 Å². The number of rotatable bonds is 4. The SMILES string of the molecule is COc1ccc(C(=O)/C(C)=C/C2CCCCC2)cc1. The summed E-state index contributed by atoms with van der Waals surface area (Å²) in [6, 6.07) is 7.33. The lowest BCUT2D eigenvalue weighted by atomic mass is 9.87. The van der Waals surface area contributed by atoms with E-state index in [2.05, 4.69) is 6.08 Å². The molecule has 2 nitrogen and oxygen atoms in total. The Morgan fingerprint density at radius 1 is 1.16 bits per heavy atom. The van der Waals surface area contributed by atoms with Gasteiger partial charge in [-0.15, -0.1) is 0 Å². The van der Waals surface area contributed by atoms with Crippen LogP contribution in [0, 0.1) is 5.92 Å². The summed E-state index contributed by atoms with van der Waals surface area (Å²) in [5.74, 6) is 1.51. The van der Waals surface area contributed by atoms with E-state index in [0.717, 1.165) is 16.9 Å². The predicted molar refractivity (Wildman–Crippen MR) is 77.7 cm³/mol. The molecule has 2 rings (SSSR count). The molecule has 0 aromatic heterocycles. The maximum absolute atomic E-state index is 12.3. The largest absolute Gasteiger partial charge is 0.497 e. The number of allylic oxidation sites excluding steroid dienone is 2. The van der Waals surface area contributed by atoms with E-state index in [1.807, 2.05) is 31.2 Å². The van der Waals surface area contributed by atoms with Gasteiger partial charge in [-0.3, -0.25) is 4.79 Å². The topological polar surface area (TPSA) is 26.3 Å². The van der Waals surface area contributed by atoms with E-state index in [1.54, 1.807) is 7.11 Å². The summed E-state index contributed by atoms with van der Waals surface area (Å²) in [5, 5.41) is 0. The number of carbonyl (C=O) groups is 1. The number of hydrogen-bond acceptors (Lipinski definition) is 2. The van der Waals surface area contributed by atoms with Gasteiger partial charge in [0.2, 0.25) is 0 Å². The third-order valence-corrected chi connectivity index (χ3v) is 3.85. The molecule has 0 amide bonds. The van der Waals surface area contributed by atoms with Gasteiger partial charge in [0.15, 0.2) is 5.78 Å². The standard InChI is InChI=1S/C17H22O2/c1-13(12-14-6-4-3-5-7-14)17(18)15-8-10-16(19-2)11-9-15/h8-12,14H,3-7H2,1-2H3/b13-12+. The van der Waals surface area contributed by atoms with Crippen LogP contribution in [0.15, 0.2) is 35.9 Å². The fraction of sp³-hybridized carbons (Fsp3) is 0.471. The third-order valence-electron chi connectivity index (χ3n) is 3.85. The van der Waals surface area contributed by atoms with Crippen LogP contribution < -0.4 is 4.74 Å². The highest BCUT2D eigenvalue weighted by atomic mass is 16.5. The van der Waals surface area contributed by atoms with Gasteiger partial charge in [-0.2, -0.15) is 0 Å².